The Morgan fingerprint density at radius 1 is 1.56 bits per heavy atom. The maximum absolute atomic E-state index is 4.87. The quantitative estimate of drug-likeness (QED) is 0.689. The number of alkyl halides is 2. The van der Waals surface area contributed by atoms with Gasteiger partial charge in [-0.15, -0.1) is 0 Å². The van der Waals surface area contributed by atoms with E-state index in [4.69, 9.17) is 4.74 Å². The number of halogens is 2. The van der Waals surface area contributed by atoms with Crippen molar-refractivity contribution in [2.24, 2.45) is 5.92 Å². The van der Waals surface area contributed by atoms with Crippen LogP contribution in [0.2, 0.25) is 0 Å². The van der Waals surface area contributed by atoms with Crippen LogP contribution >= 0.6 is 31.9 Å². The number of hydrogen-bond acceptors (Lipinski definition) is 1. The van der Waals surface area contributed by atoms with E-state index in [2.05, 4.69) is 31.9 Å². The second kappa shape index (κ2) is 7.03. The number of methoxy groups -OCH3 is 1. The molecule has 0 heterocycles. The van der Waals surface area contributed by atoms with Crippen LogP contribution in [0.1, 0.15) is 6.42 Å². The lowest BCUT2D eigenvalue weighted by Gasteiger charge is -2.08. The van der Waals surface area contributed by atoms with Crippen molar-refractivity contribution in [2.45, 2.75) is 6.42 Å². The van der Waals surface area contributed by atoms with Crippen LogP contribution in [0, 0.1) is 12.5 Å². The molecule has 1 nitrogen and oxygen atoms in total. The summed E-state index contributed by atoms with van der Waals surface area (Å²) in [7, 11) is 1.68. The largest absolute Gasteiger partial charge is 0.378 e. The Kier molecular flexibility index (Phi) is 7.75. The molecule has 0 fully saturated rings. The zero-order chi connectivity index (χ0) is 7.11. The predicted molar refractivity (Wildman–Crippen MR) is 47.0 cm³/mol. The van der Waals surface area contributed by atoms with Gasteiger partial charge in [0, 0.05) is 17.8 Å². The highest BCUT2D eigenvalue weighted by Crippen LogP contribution is 2.11. The Morgan fingerprint density at radius 3 is 2.56 bits per heavy atom. The first kappa shape index (κ1) is 9.92. The van der Waals surface area contributed by atoms with Gasteiger partial charge in [-0.2, -0.15) is 0 Å². The molecule has 0 rings (SSSR count). The summed E-state index contributed by atoms with van der Waals surface area (Å²) in [6, 6.07) is 0. The SMILES string of the molecule is CO[CH][C@H](CBr)CCBr. The molecule has 3 heteroatoms. The van der Waals surface area contributed by atoms with Crippen LogP contribution in [-0.2, 0) is 4.74 Å². The van der Waals surface area contributed by atoms with E-state index in [-0.39, 0.29) is 0 Å². The minimum absolute atomic E-state index is 0.536. The highest BCUT2D eigenvalue weighted by molar-refractivity contribution is 9.09. The van der Waals surface area contributed by atoms with Crippen LogP contribution in [0.3, 0.4) is 0 Å². The molecule has 0 saturated heterocycles. The molecule has 0 spiro atoms. The molecule has 0 aromatic heterocycles. The van der Waals surface area contributed by atoms with Gasteiger partial charge in [0.2, 0.25) is 0 Å². The van der Waals surface area contributed by atoms with Gasteiger partial charge in [0.1, 0.15) is 0 Å². The summed E-state index contributed by atoms with van der Waals surface area (Å²) in [6.45, 7) is 1.86. The van der Waals surface area contributed by atoms with E-state index >= 15 is 0 Å². The summed E-state index contributed by atoms with van der Waals surface area (Å²) in [5.74, 6) is 0.536. The summed E-state index contributed by atoms with van der Waals surface area (Å²) in [5.41, 5.74) is 0. The molecule has 1 radical (unpaired) electrons. The van der Waals surface area contributed by atoms with Gasteiger partial charge in [-0.1, -0.05) is 31.9 Å². The van der Waals surface area contributed by atoms with Crippen LogP contribution in [0.25, 0.3) is 0 Å². The zero-order valence-corrected chi connectivity index (χ0v) is 8.61. The van der Waals surface area contributed by atoms with Crippen molar-refractivity contribution in [2.75, 3.05) is 17.8 Å². The summed E-state index contributed by atoms with van der Waals surface area (Å²) < 4.78 is 4.87. The molecule has 0 aromatic rings. The van der Waals surface area contributed by atoms with Crippen molar-refractivity contribution in [1.29, 1.82) is 0 Å². The molecule has 0 aliphatic rings. The molecule has 0 aliphatic heterocycles. The fraction of sp³-hybridized carbons (Fsp3) is 0.833. The first-order chi connectivity index (χ1) is 4.35. The average Bonchev–Trinajstić information content (AvgIpc) is 1.88. The molecule has 0 N–H and O–H groups in total. The molecule has 0 amide bonds. The molecular formula is C6H11Br2O. The molecular weight excluding hydrogens is 248 g/mol. The topological polar surface area (TPSA) is 9.23 Å². The predicted octanol–water partition coefficient (Wildman–Crippen LogP) is 2.59. The molecule has 0 saturated carbocycles. The molecule has 0 unspecified atom stereocenters. The number of hydrogen-bond donors (Lipinski definition) is 0. The van der Waals surface area contributed by atoms with E-state index < -0.39 is 0 Å². The second-order valence-electron chi connectivity index (χ2n) is 1.76. The summed E-state index contributed by atoms with van der Waals surface area (Å²) >= 11 is 6.75. The van der Waals surface area contributed by atoms with E-state index in [1.807, 2.05) is 6.61 Å². The average molecular weight is 259 g/mol. The molecule has 0 aromatic carbocycles. The van der Waals surface area contributed by atoms with Crippen molar-refractivity contribution < 1.29 is 4.74 Å². The van der Waals surface area contributed by atoms with E-state index in [1.165, 1.54) is 0 Å². The van der Waals surface area contributed by atoms with Gasteiger partial charge in [-0.05, 0) is 12.3 Å². The highest BCUT2D eigenvalue weighted by atomic mass is 79.9. The summed E-state index contributed by atoms with van der Waals surface area (Å²) in [5, 5.41) is 2.01. The minimum Gasteiger partial charge on any atom is -0.378 e. The summed E-state index contributed by atoms with van der Waals surface area (Å²) in [6.07, 6.45) is 1.12. The van der Waals surface area contributed by atoms with Gasteiger partial charge in [-0.25, -0.2) is 0 Å². The third kappa shape index (κ3) is 5.37. The molecule has 0 bridgehead atoms. The Hall–Kier alpha value is 0.920. The maximum atomic E-state index is 4.87. The van der Waals surface area contributed by atoms with E-state index in [0.29, 0.717) is 5.92 Å². The highest BCUT2D eigenvalue weighted by Gasteiger charge is 2.04. The Morgan fingerprint density at radius 2 is 2.22 bits per heavy atom. The van der Waals surface area contributed by atoms with Crippen LogP contribution in [0.5, 0.6) is 0 Å². The van der Waals surface area contributed by atoms with Crippen molar-refractivity contribution >= 4 is 31.9 Å². The lowest BCUT2D eigenvalue weighted by atomic mass is 10.1. The zero-order valence-electron chi connectivity index (χ0n) is 5.44. The summed E-state index contributed by atoms with van der Waals surface area (Å²) in [4.78, 5) is 0. The van der Waals surface area contributed by atoms with Gasteiger partial charge in [0.15, 0.2) is 0 Å². The van der Waals surface area contributed by atoms with Crippen molar-refractivity contribution in [3.05, 3.63) is 6.61 Å². The first-order valence-electron chi connectivity index (χ1n) is 2.83. The first-order valence-corrected chi connectivity index (χ1v) is 5.07. The van der Waals surface area contributed by atoms with Gasteiger partial charge >= 0.3 is 0 Å². The lowest BCUT2D eigenvalue weighted by molar-refractivity contribution is 0.235. The smallest absolute Gasteiger partial charge is 0.0872 e. The Labute approximate surface area is 73.4 Å². The Bertz CT molecular complexity index is 53.0. The van der Waals surface area contributed by atoms with Crippen molar-refractivity contribution in [1.82, 2.24) is 0 Å². The third-order valence-electron chi connectivity index (χ3n) is 1.01. The van der Waals surface area contributed by atoms with Crippen LogP contribution in [0.4, 0.5) is 0 Å². The van der Waals surface area contributed by atoms with Gasteiger partial charge in [0.25, 0.3) is 0 Å². The third-order valence-corrected chi connectivity index (χ3v) is 2.30. The molecule has 1 atom stereocenters. The van der Waals surface area contributed by atoms with Crippen molar-refractivity contribution in [3.8, 4) is 0 Å². The number of rotatable bonds is 5. The fourth-order valence-corrected chi connectivity index (χ4v) is 1.58. The van der Waals surface area contributed by atoms with Crippen LogP contribution < -0.4 is 0 Å². The Balaban J connectivity index is 3.18. The monoisotopic (exact) mass is 257 g/mol. The van der Waals surface area contributed by atoms with E-state index in [1.54, 1.807) is 7.11 Å². The van der Waals surface area contributed by atoms with Gasteiger partial charge in [0.05, 0.1) is 6.61 Å². The van der Waals surface area contributed by atoms with Gasteiger partial charge in [-0.3, -0.25) is 0 Å². The van der Waals surface area contributed by atoms with Gasteiger partial charge < -0.3 is 4.74 Å². The normalized spacial score (nSPS) is 13.7. The molecule has 9 heavy (non-hydrogen) atoms. The molecule has 55 valence electrons. The van der Waals surface area contributed by atoms with E-state index in [0.717, 1.165) is 17.1 Å². The van der Waals surface area contributed by atoms with E-state index in [9.17, 15) is 0 Å². The van der Waals surface area contributed by atoms with Crippen LogP contribution in [0.15, 0.2) is 0 Å². The second-order valence-corrected chi connectivity index (χ2v) is 3.20. The van der Waals surface area contributed by atoms with Crippen LogP contribution in [-0.4, -0.2) is 17.8 Å². The maximum Gasteiger partial charge on any atom is 0.0872 e. The lowest BCUT2D eigenvalue weighted by Crippen LogP contribution is -2.04. The minimum atomic E-state index is 0.536. The van der Waals surface area contributed by atoms with Crippen molar-refractivity contribution in [3.63, 3.8) is 0 Å². The number of ether oxygens (including phenoxy) is 1. The fourth-order valence-electron chi connectivity index (χ4n) is 0.514. The standard InChI is InChI=1S/C6H11Br2O/c1-9-5-6(4-8)2-3-7/h5-6H,2-4H2,1H3/t6-/m0/s1. The molecule has 0 aliphatic carbocycles.